The third kappa shape index (κ3) is 35.4. The third-order valence-electron chi connectivity index (χ3n) is 9.36. The second kappa shape index (κ2) is 37.0. The number of unbranched alkanes of at least 4 members (excludes halogenated alkanes) is 27. The Morgan fingerprint density at radius 3 is 1.45 bits per heavy atom. The van der Waals surface area contributed by atoms with Crippen molar-refractivity contribution >= 4 is 13.7 Å². The topological polar surface area (TPSA) is 131 Å². The summed E-state index contributed by atoms with van der Waals surface area (Å²) in [4.78, 5) is 22.6. The van der Waals surface area contributed by atoms with E-state index < -0.39 is 20.0 Å². The molecule has 0 aromatic rings. The maximum atomic E-state index is 12.7. The summed E-state index contributed by atoms with van der Waals surface area (Å²) >= 11 is 0. The first-order chi connectivity index (χ1) is 23.9. The van der Waals surface area contributed by atoms with Crippen molar-refractivity contribution in [3.05, 3.63) is 12.2 Å². The summed E-state index contributed by atoms with van der Waals surface area (Å²) in [5.74, 6) is -0.192. The van der Waals surface area contributed by atoms with E-state index >= 15 is 0 Å². The minimum absolute atomic E-state index is 0.0812. The number of carbonyl (C=O) groups is 1. The SMILES string of the molecule is CCCCCCCCCCCCCCCC/C=C/C(O)C(COP(=O)(O)OCCN)NC(=O)CCCCCCCCCCCCCCCC. The van der Waals surface area contributed by atoms with Gasteiger partial charge in [0.1, 0.15) is 0 Å². The van der Waals surface area contributed by atoms with Gasteiger partial charge in [0.05, 0.1) is 25.4 Å². The lowest BCUT2D eigenvalue weighted by Crippen LogP contribution is -2.45. The first kappa shape index (κ1) is 48.2. The van der Waals surface area contributed by atoms with Crippen LogP contribution in [-0.4, -0.2) is 47.8 Å². The van der Waals surface area contributed by atoms with E-state index in [-0.39, 0.29) is 25.7 Å². The molecule has 0 aliphatic rings. The number of aliphatic hydroxyl groups excluding tert-OH is 1. The van der Waals surface area contributed by atoms with Gasteiger partial charge in [-0.3, -0.25) is 13.8 Å². The predicted octanol–water partition coefficient (Wildman–Crippen LogP) is 11.2. The van der Waals surface area contributed by atoms with E-state index in [1.165, 1.54) is 148 Å². The van der Waals surface area contributed by atoms with Crippen LogP contribution in [0.1, 0.15) is 206 Å². The van der Waals surface area contributed by atoms with Gasteiger partial charge in [0.15, 0.2) is 0 Å². The van der Waals surface area contributed by atoms with Crippen LogP contribution in [0.2, 0.25) is 0 Å². The summed E-state index contributed by atoms with van der Waals surface area (Å²) in [5.41, 5.74) is 5.36. The van der Waals surface area contributed by atoms with Crippen LogP contribution in [0, 0.1) is 0 Å². The van der Waals surface area contributed by atoms with E-state index in [9.17, 15) is 19.4 Å². The Balaban J connectivity index is 4.23. The molecule has 0 aliphatic heterocycles. The molecular formula is C40H81N2O6P. The first-order valence-corrected chi connectivity index (χ1v) is 22.3. The van der Waals surface area contributed by atoms with E-state index in [1.807, 2.05) is 6.08 Å². The van der Waals surface area contributed by atoms with Gasteiger partial charge in [-0.25, -0.2) is 4.57 Å². The van der Waals surface area contributed by atoms with Gasteiger partial charge in [0, 0.05) is 13.0 Å². The largest absolute Gasteiger partial charge is 0.472 e. The van der Waals surface area contributed by atoms with E-state index in [0.29, 0.717) is 6.42 Å². The Labute approximate surface area is 303 Å². The number of allylic oxidation sites excluding steroid dienone is 1. The van der Waals surface area contributed by atoms with Crippen LogP contribution in [0.5, 0.6) is 0 Å². The van der Waals surface area contributed by atoms with Crippen molar-refractivity contribution in [2.75, 3.05) is 19.8 Å². The number of phosphoric ester groups is 1. The van der Waals surface area contributed by atoms with Gasteiger partial charge in [0.2, 0.25) is 5.91 Å². The summed E-state index contributed by atoms with van der Waals surface area (Å²) in [6.07, 6.45) is 39.6. The zero-order chi connectivity index (χ0) is 36.1. The number of nitrogens with one attached hydrogen (secondary N) is 1. The molecule has 49 heavy (non-hydrogen) atoms. The van der Waals surface area contributed by atoms with Crippen LogP contribution in [0.15, 0.2) is 12.2 Å². The fourth-order valence-corrected chi connectivity index (χ4v) is 6.95. The standard InChI is InChI=1S/C40H81N2O6P/c1-3-5-7-9-11-13-15-17-19-20-21-23-25-27-29-31-33-39(43)38(37-48-49(45,46)47-36-35-41)42-40(44)34-32-30-28-26-24-22-18-16-14-12-10-8-6-4-2/h31,33,38-39,43H,3-30,32,34-37,41H2,1-2H3,(H,42,44)(H,45,46)/b33-31+. The molecule has 0 rings (SSSR count). The summed E-state index contributed by atoms with van der Waals surface area (Å²) in [7, 11) is -4.33. The van der Waals surface area contributed by atoms with Crippen molar-refractivity contribution < 1.29 is 28.4 Å². The molecule has 9 heteroatoms. The lowest BCUT2D eigenvalue weighted by atomic mass is 10.0. The van der Waals surface area contributed by atoms with Crippen LogP contribution >= 0.6 is 7.82 Å². The second-order valence-electron chi connectivity index (χ2n) is 14.2. The number of nitrogens with two attached hydrogens (primary N) is 1. The van der Waals surface area contributed by atoms with Gasteiger partial charge < -0.3 is 21.1 Å². The monoisotopic (exact) mass is 717 g/mol. The fourth-order valence-electron chi connectivity index (χ4n) is 6.19. The molecule has 1 amide bonds. The number of aliphatic hydroxyl groups is 1. The molecule has 3 unspecified atom stereocenters. The second-order valence-corrected chi connectivity index (χ2v) is 15.7. The smallest absolute Gasteiger partial charge is 0.387 e. The summed E-state index contributed by atoms with van der Waals surface area (Å²) < 4.78 is 22.1. The molecule has 5 N–H and O–H groups in total. The number of phosphoric acid groups is 1. The molecule has 292 valence electrons. The van der Waals surface area contributed by atoms with Gasteiger partial charge in [0.25, 0.3) is 0 Å². The Morgan fingerprint density at radius 1 is 0.653 bits per heavy atom. The molecule has 0 radical (unpaired) electrons. The normalized spacial score (nSPS) is 14.3. The van der Waals surface area contributed by atoms with E-state index in [4.69, 9.17) is 14.8 Å². The van der Waals surface area contributed by atoms with Crippen LogP contribution in [0.4, 0.5) is 0 Å². The zero-order valence-electron chi connectivity index (χ0n) is 32.2. The fraction of sp³-hybridized carbons (Fsp3) is 0.925. The highest BCUT2D eigenvalue weighted by Gasteiger charge is 2.26. The molecule has 0 saturated heterocycles. The van der Waals surface area contributed by atoms with Crippen molar-refractivity contribution in [1.82, 2.24) is 5.32 Å². The maximum Gasteiger partial charge on any atom is 0.472 e. The molecule has 0 bridgehead atoms. The molecule has 0 fully saturated rings. The lowest BCUT2D eigenvalue weighted by Gasteiger charge is -2.23. The molecule has 3 atom stereocenters. The Hall–Kier alpha value is -0.760. The molecule has 0 aromatic heterocycles. The summed E-state index contributed by atoms with van der Waals surface area (Å²) in [6.45, 7) is 4.15. The quantitative estimate of drug-likeness (QED) is 0.0283. The van der Waals surface area contributed by atoms with Crippen molar-refractivity contribution in [2.45, 2.75) is 219 Å². The minimum Gasteiger partial charge on any atom is -0.387 e. The lowest BCUT2D eigenvalue weighted by molar-refractivity contribution is -0.123. The summed E-state index contributed by atoms with van der Waals surface area (Å²) in [5, 5.41) is 13.6. The first-order valence-electron chi connectivity index (χ1n) is 20.8. The van der Waals surface area contributed by atoms with Crippen LogP contribution in [0.25, 0.3) is 0 Å². The Morgan fingerprint density at radius 2 is 1.04 bits per heavy atom. The van der Waals surface area contributed by atoms with Crippen molar-refractivity contribution in [2.24, 2.45) is 5.73 Å². The van der Waals surface area contributed by atoms with Crippen molar-refractivity contribution in [3.63, 3.8) is 0 Å². The van der Waals surface area contributed by atoms with E-state index in [0.717, 1.165) is 38.5 Å². The minimum atomic E-state index is -4.33. The average molecular weight is 717 g/mol. The van der Waals surface area contributed by atoms with Gasteiger partial charge in [-0.05, 0) is 19.3 Å². The van der Waals surface area contributed by atoms with Gasteiger partial charge in [-0.2, -0.15) is 0 Å². The number of rotatable bonds is 39. The van der Waals surface area contributed by atoms with E-state index in [2.05, 4.69) is 19.2 Å². The van der Waals surface area contributed by atoms with Gasteiger partial charge in [-0.15, -0.1) is 0 Å². The van der Waals surface area contributed by atoms with E-state index in [1.54, 1.807) is 6.08 Å². The van der Waals surface area contributed by atoms with Gasteiger partial charge in [-0.1, -0.05) is 193 Å². The average Bonchev–Trinajstić information content (AvgIpc) is 3.09. The third-order valence-corrected chi connectivity index (χ3v) is 10.3. The van der Waals surface area contributed by atoms with Crippen molar-refractivity contribution in [1.29, 1.82) is 0 Å². The summed E-state index contributed by atoms with van der Waals surface area (Å²) in [6, 6.07) is -0.853. The highest BCUT2D eigenvalue weighted by atomic mass is 31.2. The van der Waals surface area contributed by atoms with Gasteiger partial charge >= 0.3 is 7.82 Å². The molecular weight excluding hydrogens is 635 g/mol. The molecule has 0 aromatic carbocycles. The number of hydrogen-bond donors (Lipinski definition) is 4. The van der Waals surface area contributed by atoms with Crippen LogP contribution < -0.4 is 11.1 Å². The Kier molecular flexibility index (Phi) is 36.4. The molecule has 0 aliphatic carbocycles. The Bertz CT molecular complexity index is 784. The highest BCUT2D eigenvalue weighted by Crippen LogP contribution is 2.43. The molecule has 0 saturated carbocycles. The number of carbonyl (C=O) groups excluding carboxylic acids is 1. The number of hydrogen-bond acceptors (Lipinski definition) is 6. The molecule has 0 heterocycles. The maximum absolute atomic E-state index is 12.7. The van der Waals surface area contributed by atoms with Crippen LogP contribution in [0.3, 0.4) is 0 Å². The molecule has 8 nitrogen and oxygen atoms in total. The predicted molar refractivity (Wildman–Crippen MR) is 208 cm³/mol. The van der Waals surface area contributed by atoms with Crippen LogP contribution in [-0.2, 0) is 18.4 Å². The van der Waals surface area contributed by atoms with Crippen molar-refractivity contribution in [3.8, 4) is 0 Å². The highest BCUT2D eigenvalue weighted by molar-refractivity contribution is 7.47. The molecule has 0 spiro atoms. The zero-order valence-corrected chi connectivity index (χ0v) is 33.1. The number of amides is 1.